The normalized spacial score (nSPS) is 12.2. The van der Waals surface area contributed by atoms with Gasteiger partial charge in [0.15, 0.2) is 0 Å². The van der Waals surface area contributed by atoms with Crippen LogP contribution in [0.1, 0.15) is 94.5 Å². The van der Waals surface area contributed by atoms with Gasteiger partial charge < -0.3 is 9.80 Å². The minimum Gasteiger partial charge on any atom is -0.310 e. The van der Waals surface area contributed by atoms with Gasteiger partial charge in [-0.3, -0.25) is 0 Å². The summed E-state index contributed by atoms with van der Waals surface area (Å²) in [7, 11) is 0. The van der Waals surface area contributed by atoms with Gasteiger partial charge in [-0.1, -0.05) is 301 Å². The zero-order valence-corrected chi connectivity index (χ0v) is 58.2. The number of fused-ring (bicyclic) bond motifs is 4. The molecule has 0 unspecified atom stereocenters. The number of rotatable bonds is 16. The zero-order valence-electron chi connectivity index (χ0n) is 58.2. The highest BCUT2D eigenvalue weighted by Crippen LogP contribution is 2.51. The van der Waals surface area contributed by atoms with Crippen LogP contribution >= 0.6 is 0 Å². The van der Waals surface area contributed by atoms with Crippen molar-refractivity contribution in [2.24, 2.45) is 0 Å². The molecule has 0 N–H and O–H groups in total. The highest BCUT2D eigenvalue weighted by atomic mass is 15.1. The third-order valence-corrected chi connectivity index (χ3v) is 19.9. The Hall–Kier alpha value is -12.1. The maximum absolute atomic E-state index is 2.43. The summed E-state index contributed by atoms with van der Waals surface area (Å²) in [4.78, 5) is 4.87. The Morgan fingerprint density at radius 3 is 0.650 bits per heavy atom. The van der Waals surface area contributed by atoms with Gasteiger partial charge >= 0.3 is 0 Å². The molecular formula is C98H80N2. The van der Waals surface area contributed by atoms with E-state index in [0.29, 0.717) is 0 Å². The molecule has 2 nitrogen and oxygen atoms in total. The average Bonchev–Trinajstić information content (AvgIpc) is 0.720. The molecule has 15 aromatic carbocycles. The summed E-state index contributed by atoms with van der Waals surface area (Å²) in [6.45, 7) is 17.3. The molecule has 0 saturated heterocycles. The SMILES string of the molecule is CC(=Cc1ccc(N(c2ccc(C=C(C)c3ccc(C)cc3)cc2)c2ccc(-c3c4ccccc4c(-c4ccc(N(c5ccc(C=C(C)c6ccc(C)cc6)cc5)c5ccc(C=C(C)c6ccc(C)cc6)cc5)c5ccccc45)c4ccccc34)c3ccccc23)cc1)c1ccc(C)cc1. The second-order valence-electron chi connectivity index (χ2n) is 27.0. The number of hydrogen-bond donors (Lipinski definition) is 0. The van der Waals surface area contributed by atoms with E-state index in [1.807, 2.05) is 0 Å². The molecule has 2 heteroatoms. The van der Waals surface area contributed by atoms with Crippen molar-refractivity contribution in [3.8, 4) is 22.3 Å². The van der Waals surface area contributed by atoms with Crippen molar-refractivity contribution in [3.05, 3.63) is 382 Å². The van der Waals surface area contributed by atoms with E-state index in [1.54, 1.807) is 0 Å². The Bertz CT molecular complexity index is 5030. The number of aryl methyl sites for hydroxylation is 4. The molecule has 0 atom stereocenters. The lowest BCUT2D eigenvalue weighted by molar-refractivity contribution is 1.29. The van der Waals surface area contributed by atoms with Crippen molar-refractivity contribution in [2.75, 3.05) is 9.80 Å². The number of allylic oxidation sites excluding steroid dienone is 4. The Kier molecular flexibility index (Phi) is 17.8. The lowest BCUT2D eigenvalue weighted by Gasteiger charge is -2.28. The molecule has 0 aliphatic rings. The zero-order chi connectivity index (χ0) is 68.4. The fourth-order valence-electron chi connectivity index (χ4n) is 14.4. The van der Waals surface area contributed by atoms with Crippen molar-refractivity contribution < 1.29 is 0 Å². The molecule has 0 heterocycles. The third-order valence-electron chi connectivity index (χ3n) is 19.9. The lowest BCUT2D eigenvalue weighted by Crippen LogP contribution is -2.11. The first-order valence-electron chi connectivity index (χ1n) is 34.9. The molecule has 0 aliphatic carbocycles. The van der Waals surface area contributed by atoms with Crippen LogP contribution in [0.5, 0.6) is 0 Å². The van der Waals surface area contributed by atoms with Crippen molar-refractivity contribution in [1.29, 1.82) is 0 Å². The predicted molar refractivity (Wildman–Crippen MR) is 436 cm³/mol. The van der Waals surface area contributed by atoms with E-state index < -0.39 is 0 Å². The minimum absolute atomic E-state index is 1.08. The van der Waals surface area contributed by atoms with E-state index in [0.717, 1.165) is 67.2 Å². The molecule has 100 heavy (non-hydrogen) atoms. The quantitative estimate of drug-likeness (QED) is 0.0703. The topological polar surface area (TPSA) is 6.48 Å². The van der Waals surface area contributed by atoms with E-state index in [9.17, 15) is 0 Å². The van der Waals surface area contributed by atoms with Crippen LogP contribution in [0, 0.1) is 27.7 Å². The first-order chi connectivity index (χ1) is 48.8. The second-order valence-corrected chi connectivity index (χ2v) is 27.0. The fourth-order valence-corrected chi connectivity index (χ4v) is 14.4. The molecule has 0 bridgehead atoms. The largest absolute Gasteiger partial charge is 0.310 e. The summed E-state index contributed by atoms with van der Waals surface area (Å²) in [6, 6.07) is 117. The van der Waals surface area contributed by atoms with Crippen molar-refractivity contribution in [2.45, 2.75) is 55.4 Å². The highest BCUT2D eigenvalue weighted by molar-refractivity contribution is 6.26. The van der Waals surface area contributed by atoms with Gasteiger partial charge in [-0.05, 0) is 237 Å². The fraction of sp³-hybridized carbons (Fsp3) is 0.0816. The van der Waals surface area contributed by atoms with Crippen LogP contribution in [-0.2, 0) is 0 Å². The van der Waals surface area contributed by atoms with E-state index in [4.69, 9.17) is 0 Å². The molecule has 0 radical (unpaired) electrons. The van der Waals surface area contributed by atoms with E-state index in [-0.39, 0.29) is 0 Å². The lowest BCUT2D eigenvalue weighted by atomic mass is 9.83. The van der Waals surface area contributed by atoms with Gasteiger partial charge in [0.25, 0.3) is 0 Å². The van der Waals surface area contributed by atoms with Crippen LogP contribution in [0.25, 0.3) is 112 Å². The number of benzene rings is 15. The summed E-state index contributed by atoms with van der Waals surface area (Å²) >= 11 is 0. The van der Waals surface area contributed by atoms with Gasteiger partial charge in [0, 0.05) is 33.5 Å². The maximum atomic E-state index is 2.43. The van der Waals surface area contributed by atoms with Crippen molar-refractivity contribution >= 4 is 124 Å². The smallest absolute Gasteiger partial charge is 0.0540 e. The second kappa shape index (κ2) is 27.8. The van der Waals surface area contributed by atoms with Crippen molar-refractivity contribution in [1.82, 2.24) is 0 Å². The standard InChI is InChI=1S/C98H80N2/c1-65-25-41-77(42-26-65)69(5)61-73-33-49-81(50-34-73)99(82-51-35-74(36-52-82)62-70(6)78-43-27-66(2)28-44-78)95-59-57-93(85-17-9-11-19-87(85)95)97-89-21-13-15-23-91(89)98(92-24-16-14-22-90(92)97)94-58-60-96(88-20-12-10-18-86(88)94)100(83-53-37-75(38-54-83)63-71(7)79-45-29-67(3)30-46-79)84-55-39-76(40-56-84)64-72(8)80-47-31-68(4)32-48-80/h9-64H,1-8H3. The van der Waals surface area contributed by atoms with Crippen LogP contribution in [0.3, 0.4) is 0 Å². The molecule has 0 amide bonds. The van der Waals surface area contributed by atoms with Gasteiger partial charge in [-0.25, -0.2) is 0 Å². The molecular weight excluding hydrogens is 1210 g/mol. The molecule has 15 aromatic rings. The van der Waals surface area contributed by atoms with E-state index in [2.05, 4.69) is 405 Å². The molecule has 0 spiro atoms. The Labute approximate surface area is 589 Å². The Balaban J connectivity index is 0.851. The van der Waals surface area contributed by atoms with E-state index in [1.165, 1.54) is 121 Å². The van der Waals surface area contributed by atoms with Gasteiger partial charge in [0.05, 0.1) is 11.4 Å². The van der Waals surface area contributed by atoms with E-state index >= 15 is 0 Å². The van der Waals surface area contributed by atoms with Crippen LogP contribution < -0.4 is 9.80 Å². The maximum Gasteiger partial charge on any atom is 0.0540 e. The van der Waals surface area contributed by atoms with Crippen LogP contribution in [0.15, 0.2) is 315 Å². The highest BCUT2D eigenvalue weighted by Gasteiger charge is 2.24. The monoisotopic (exact) mass is 1280 g/mol. The minimum atomic E-state index is 1.08. The summed E-state index contributed by atoms with van der Waals surface area (Å²) in [5.41, 5.74) is 30.8. The van der Waals surface area contributed by atoms with Crippen LogP contribution in [0.4, 0.5) is 34.1 Å². The van der Waals surface area contributed by atoms with Crippen LogP contribution in [0.2, 0.25) is 0 Å². The summed E-state index contributed by atoms with van der Waals surface area (Å²) in [5.74, 6) is 0. The van der Waals surface area contributed by atoms with Crippen LogP contribution in [-0.4, -0.2) is 0 Å². The molecule has 0 fully saturated rings. The van der Waals surface area contributed by atoms with Gasteiger partial charge in [0.1, 0.15) is 0 Å². The molecule has 0 aliphatic heterocycles. The van der Waals surface area contributed by atoms with Gasteiger partial charge in [0.2, 0.25) is 0 Å². The third kappa shape index (κ3) is 13.0. The average molecular weight is 1290 g/mol. The summed E-state index contributed by atoms with van der Waals surface area (Å²) < 4.78 is 0. The number of hydrogen-bond acceptors (Lipinski definition) is 2. The van der Waals surface area contributed by atoms with Gasteiger partial charge in [-0.2, -0.15) is 0 Å². The summed E-state index contributed by atoms with van der Waals surface area (Å²) in [6.07, 6.45) is 9.14. The molecule has 0 saturated carbocycles. The summed E-state index contributed by atoms with van der Waals surface area (Å²) in [5, 5.41) is 9.49. The predicted octanol–water partition coefficient (Wildman–Crippen LogP) is 28.0. The Morgan fingerprint density at radius 1 is 0.210 bits per heavy atom. The van der Waals surface area contributed by atoms with Gasteiger partial charge in [-0.15, -0.1) is 0 Å². The Morgan fingerprint density at radius 2 is 0.420 bits per heavy atom. The molecule has 0 aromatic heterocycles. The molecule has 482 valence electrons. The number of anilines is 6. The molecule has 15 rings (SSSR count). The van der Waals surface area contributed by atoms with Crippen molar-refractivity contribution in [3.63, 3.8) is 0 Å². The first kappa shape index (κ1) is 63.9. The number of nitrogens with zero attached hydrogens (tertiary/aromatic N) is 2. The first-order valence-corrected chi connectivity index (χ1v) is 34.9.